The molecule has 1 aliphatic carbocycles. The number of imidazole rings is 1. The fourth-order valence-electron chi connectivity index (χ4n) is 3.62. The third-order valence-electron chi connectivity index (χ3n) is 4.01. The standard InChI is InChI=1S/C15H26N2O/c1-4-6-17-7-5-16-14(17)11-15(18)9-12(2)8-13(3)10-15/h5,7,12-13,18H,4,6,8-11H2,1-3H3. The van der Waals surface area contributed by atoms with Gasteiger partial charge in [-0.1, -0.05) is 20.8 Å². The molecule has 1 saturated carbocycles. The zero-order chi connectivity index (χ0) is 13.2. The van der Waals surface area contributed by atoms with Crippen LogP contribution in [0.15, 0.2) is 12.4 Å². The van der Waals surface area contributed by atoms with Crippen molar-refractivity contribution in [3.63, 3.8) is 0 Å². The molecule has 1 heterocycles. The molecule has 0 bridgehead atoms. The van der Waals surface area contributed by atoms with Crippen LogP contribution in [0.1, 0.15) is 52.3 Å². The summed E-state index contributed by atoms with van der Waals surface area (Å²) in [6.07, 6.45) is 8.75. The van der Waals surface area contributed by atoms with Gasteiger partial charge in [-0.25, -0.2) is 4.98 Å². The minimum atomic E-state index is -0.548. The minimum Gasteiger partial charge on any atom is -0.389 e. The normalized spacial score (nSPS) is 32.7. The van der Waals surface area contributed by atoms with Crippen LogP contribution < -0.4 is 0 Å². The van der Waals surface area contributed by atoms with Crippen LogP contribution in [0, 0.1) is 11.8 Å². The van der Waals surface area contributed by atoms with Gasteiger partial charge in [-0.2, -0.15) is 0 Å². The van der Waals surface area contributed by atoms with Crippen molar-refractivity contribution < 1.29 is 5.11 Å². The summed E-state index contributed by atoms with van der Waals surface area (Å²) in [5.74, 6) is 2.28. The lowest BCUT2D eigenvalue weighted by atomic mass is 9.72. The Morgan fingerprint density at radius 1 is 1.39 bits per heavy atom. The lowest BCUT2D eigenvalue weighted by Crippen LogP contribution is -2.40. The molecule has 0 radical (unpaired) electrons. The molecule has 0 spiro atoms. The predicted octanol–water partition coefficient (Wildman–Crippen LogP) is 3.02. The maximum atomic E-state index is 10.8. The van der Waals surface area contributed by atoms with Crippen LogP contribution in [-0.4, -0.2) is 20.3 Å². The summed E-state index contributed by atoms with van der Waals surface area (Å²) < 4.78 is 2.18. The molecule has 3 heteroatoms. The maximum absolute atomic E-state index is 10.8. The van der Waals surface area contributed by atoms with Crippen molar-refractivity contribution >= 4 is 0 Å². The molecular formula is C15H26N2O. The Morgan fingerprint density at radius 3 is 2.67 bits per heavy atom. The highest BCUT2D eigenvalue weighted by Gasteiger charge is 2.37. The van der Waals surface area contributed by atoms with E-state index in [0.717, 1.165) is 31.6 Å². The van der Waals surface area contributed by atoms with Crippen LogP contribution in [-0.2, 0) is 13.0 Å². The molecule has 18 heavy (non-hydrogen) atoms. The van der Waals surface area contributed by atoms with Crippen molar-refractivity contribution in [3.05, 3.63) is 18.2 Å². The van der Waals surface area contributed by atoms with Crippen molar-refractivity contribution in [1.29, 1.82) is 0 Å². The molecule has 1 fully saturated rings. The first-order chi connectivity index (χ1) is 8.52. The van der Waals surface area contributed by atoms with Gasteiger partial charge in [0.2, 0.25) is 0 Å². The van der Waals surface area contributed by atoms with Crippen LogP contribution in [0.3, 0.4) is 0 Å². The zero-order valence-electron chi connectivity index (χ0n) is 11.9. The van der Waals surface area contributed by atoms with Crippen LogP contribution in [0.5, 0.6) is 0 Å². The van der Waals surface area contributed by atoms with Gasteiger partial charge >= 0.3 is 0 Å². The number of hydrogen-bond acceptors (Lipinski definition) is 2. The highest BCUT2D eigenvalue weighted by Crippen LogP contribution is 2.37. The molecule has 1 aromatic heterocycles. The van der Waals surface area contributed by atoms with E-state index in [-0.39, 0.29) is 0 Å². The molecule has 102 valence electrons. The number of rotatable bonds is 4. The molecule has 2 unspecified atom stereocenters. The quantitative estimate of drug-likeness (QED) is 0.892. The topological polar surface area (TPSA) is 38.0 Å². The Labute approximate surface area is 110 Å². The number of nitrogens with zero attached hydrogens (tertiary/aromatic N) is 2. The smallest absolute Gasteiger partial charge is 0.111 e. The van der Waals surface area contributed by atoms with E-state index in [1.54, 1.807) is 0 Å². The van der Waals surface area contributed by atoms with Crippen LogP contribution in [0.25, 0.3) is 0 Å². The highest BCUT2D eigenvalue weighted by molar-refractivity contribution is 5.01. The van der Waals surface area contributed by atoms with Gasteiger partial charge in [0.05, 0.1) is 5.60 Å². The lowest BCUT2D eigenvalue weighted by Gasteiger charge is -2.38. The van der Waals surface area contributed by atoms with E-state index < -0.39 is 5.60 Å². The first-order valence-electron chi connectivity index (χ1n) is 7.25. The number of aromatic nitrogens is 2. The first-order valence-corrected chi connectivity index (χ1v) is 7.25. The summed E-state index contributed by atoms with van der Waals surface area (Å²) in [4.78, 5) is 4.43. The average Bonchev–Trinajstić information content (AvgIpc) is 2.63. The molecule has 2 atom stereocenters. The van der Waals surface area contributed by atoms with E-state index >= 15 is 0 Å². The summed E-state index contributed by atoms with van der Waals surface area (Å²) in [7, 11) is 0. The van der Waals surface area contributed by atoms with E-state index in [2.05, 4.69) is 30.3 Å². The molecule has 0 amide bonds. The fourth-order valence-corrected chi connectivity index (χ4v) is 3.62. The van der Waals surface area contributed by atoms with Crippen molar-refractivity contribution in [2.45, 2.75) is 65.0 Å². The maximum Gasteiger partial charge on any atom is 0.111 e. The average molecular weight is 250 g/mol. The summed E-state index contributed by atoms with van der Waals surface area (Å²) in [6, 6.07) is 0. The second-order valence-electron chi connectivity index (χ2n) is 6.29. The van der Waals surface area contributed by atoms with E-state index in [1.807, 2.05) is 12.4 Å². The Bertz CT molecular complexity index is 376. The second kappa shape index (κ2) is 5.43. The summed E-state index contributed by atoms with van der Waals surface area (Å²) in [5.41, 5.74) is -0.548. The second-order valence-corrected chi connectivity index (χ2v) is 6.29. The van der Waals surface area contributed by atoms with Gasteiger partial charge in [0.1, 0.15) is 5.82 Å². The van der Waals surface area contributed by atoms with Gasteiger partial charge in [-0.15, -0.1) is 0 Å². The fraction of sp³-hybridized carbons (Fsp3) is 0.800. The van der Waals surface area contributed by atoms with Gasteiger partial charge in [0, 0.05) is 25.4 Å². The molecule has 1 N–H and O–H groups in total. The van der Waals surface area contributed by atoms with Crippen LogP contribution in [0.2, 0.25) is 0 Å². The van der Waals surface area contributed by atoms with Crippen molar-refractivity contribution in [3.8, 4) is 0 Å². The van der Waals surface area contributed by atoms with Gasteiger partial charge in [0.25, 0.3) is 0 Å². The van der Waals surface area contributed by atoms with E-state index in [0.29, 0.717) is 18.3 Å². The third kappa shape index (κ3) is 3.14. The Morgan fingerprint density at radius 2 is 2.06 bits per heavy atom. The number of aryl methyl sites for hydroxylation is 1. The van der Waals surface area contributed by atoms with E-state index in [4.69, 9.17) is 0 Å². The molecule has 3 nitrogen and oxygen atoms in total. The SMILES string of the molecule is CCCn1ccnc1CC1(O)CC(C)CC(C)C1. The van der Waals surface area contributed by atoms with Crippen LogP contribution >= 0.6 is 0 Å². The first kappa shape index (κ1) is 13.6. The minimum absolute atomic E-state index is 0.548. The monoisotopic (exact) mass is 250 g/mol. The number of aliphatic hydroxyl groups is 1. The van der Waals surface area contributed by atoms with E-state index in [9.17, 15) is 5.11 Å². The molecule has 1 aliphatic rings. The molecule has 1 aromatic rings. The van der Waals surface area contributed by atoms with Gasteiger partial charge in [-0.3, -0.25) is 0 Å². The third-order valence-corrected chi connectivity index (χ3v) is 4.01. The van der Waals surface area contributed by atoms with E-state index in [1.165, 1.54) is 6.42 Å². The molecule has 0 saturated heterocycles. The van der Waals surface area contributed by atoms with Crippen molar-refractivity contribution in [2.24, 2.45) is 11.8 Å². The van der Waals surface area contributed by atoms with Gasteiger partial charge < -0.3 is 9.67 Å². The Hall–Kier alpha value is -0.830. The van der Waals surface area contributed by atoms with Gasteiger partial charge in [-0.05, 0) is 37.5 Å². The zero-order valence-corrected chi connectivity index (χ0v) is 11.9. The van der Waals surface area contributed by atoms with Crippen molar-refractivity contribution in [2.75, 3.05) is 0 Å². The lowest BCUT2D eigenvalue weighted by molar-refractivity contribution is -0.0324. The Kier molecular flexibility index (Phi) is 4.10. The highest BCUT2D eigenvalue weighted by atomic mass is 16.3. The molecule has 0 aliphatic heterocycles. The predicted molar refractivity (Wildman–Crippen MR) is 73.4 cm³/mol. The Balaban J connectivity index is 2.09. The summed E-state index contributed by atoms with van der Waals surface area (Å²) in [6.45, 7) is 7.66. The molecular weight excluding hydrogens is 224 g/mol. The number of hydrogen-bond donors (Lipinski definition) is 1. The van der Waals surface area contributed by atoms with Gasteiger partial charge in [0.15, 0.2) is 0 Å². The molecule has 2 rings (SSSR count). The molecule has 0 aromatic carbocycles. The largest absolute Gasteiger partial charge is 0.389 e. The summed E-state index contributed by atoms with van der Waals surface area (Å²) >= 11 is 0. The van der Waals surface area contributed by atoms with Crippen molar-refractivity contribution in [1.82, 2.24) is 9.55 Å². The summed E-state index contributed by atoms with van der Waals surface area (Å²) in [5, 5.41) is 10.8. The van der Waals surface area contributed by atoms with Crippen LogP contribution in [0.4, 0.5) is 0 Å².